The van der Waals surface area contributed by atoms with Gasteiger partial charge < -0.3 is 19.4 Å². The number of nitrogens with zero attached hydrogens (tertiary/aromatic N) is 2. The van der Waals surface area contributed by atoms with Crippen molar-refractivity contribution in [3.8, 4) is 11.3 Å². The Balaban J connectivity index is 1.58. The van der Waals surface area contributed by atoms with Gasteiger partial charge in [0.1, 0.15) is 18.1 Å². The Hall–Kier alpha value is -2.48. The van der Waals surface area contributed by atoms with Crippen LogP contribution in [0.3, 0.4) is 0 Å². The SMILES string of the molecule is CCCCCc1ccc(-c2cc3cn([C@@H]4C[C@H](O)[C@@H](CO)O4)c(=O)nc3o2)cc1. The van der Waals surface area contributed by atoms with E-state index in [1.165, 1.54) is 29.4 Å². The van der Waals surface area contributed by atoms with Crippen LogP contribution in [0, 0.1) is 0 Å². The molecule has 0 unspecified atom stereocenters. The number of benzene rings is 1. The van der Waals surface area contributed by atoms with Gasteiger partial charge in [0.25, 0.3) is 0 Å². The van der Waals surface area contributed by atoms with Crippen LogP contribution in [0.4, 0.5) is 0 Å². The summed E-state index contributed by atoms with van der Waals surface area (Å²) in [5.74, 6) is 0.644. The van der Waals surface area contributed by atoms with Crippen molar-refractivity contribution in [2.75, 3.05) is 6.61 Å². The molecule has 3 heterocycles. The molecule has 3 atom stereocenters. The monoisotopic (exact) mass is 398 g/mol. The smallest absolute Gasteiger partial charge is 0.353 e. The van der Waals surface area contributed by atoms with Gasteiger partial charge in [0.15, 0.2) is 0 Å². The summed E-state index contributed by atoms with van der Waals surface area (Å²) in [6.07, 6.45) is 4.38. The molecule has 29 heavy (non-hydrogen) atoms. The maximum absolute atomic E-state index is 12.4. The Morgan fingerprint density at radius 1 is 1.24 bits per heavy atom. The molecule has 0 saturated carbocycles. The molecule has 1 fully saturated rings. The standard InChI is InChI=1S/C22H26N2O5/c1-2-3-4-5-14-6-8-15(9-7-14)18-10-16-12-24(22(27)23-21(16)29-18)20-11-17(26)19(13-25)28-20/h6-10,12,17,19-20,25-26H,2-5,11,13H2,1H3/t17-,19+,20-/m0/s1. The van der Waals surface area contributed by atoms with Gasteiger partial charge in [-0.2, -0.15) is 4.98 Å². The van der Waals surface area contributed by atoms with E-state index in [-0.39, 0.29) is 18.7 Å². The van der Waals surface area contributed by atoms with Gasteiger partial charge in [0.2, 0.25) is 5.71 Å². The van der Waals surface area contributed by atoms with Gasteiger partial charge in [-0.3, -0.25) is 4.57 Å². The number of aliphatic hydroxyl groups excluding tert-OH is 2. The van der Waals surface area contributed by atoms with Crippen LogP contribution in [0.5, 0.6) is 0 Å². The third-order valence-corrected chi connectivity index (χ3v) is 5.44. The van der Waals surface area contributed by atoms with Gasteiger partial charge in [0, 0.05) is 18.2 Å². The molecule has 0 bridgehead atoms. The van der Waals surface area contributed by atoms with E-state index in [9.17, 15) is 15.0 Å². The summed E-state index contributed by atoms with van der Waals surface area (Å²) in [6.45, 7) is 1.90. The van der Waals surface area contributed by atoms with Crippen molar-refractivity contribution in [3.63, 3.8) is 0 Å². The molecule has 0 aliphatic carbocycles. The van der Waals surface area contributed by atoms with Crippen LogP contribution in [-0.2, 0) is 11.2 Å². The van der Waals surface area contributed by atoms with Crippen molar-refractivity contribution >= 4 is 11.1 Å². The number of fused-ring (bicyclic) bond motifs is 1. The average molecular weight is 398 g/mol. The van der Waals surface area contributed by atoms with E-state index in [0.29, 0.717) is 11.1 Å². The Labute approximate surface area is 168 Å². The van der Waals surface area contributed by atoms with Crippen LogP contribution in [0.15, 0.2) is 45.7 Å². The lowest BCUT2D eigenvalue weighted by molar-refractivity contribution is -0.0457. The lowest BCUT2D eigenvalue weighted by Gasteiger charge is -2.13. The fourth-order valence-electron chi connectivity index (χ4n) is 3.74. The van der Waals surface area contributed by atoms with Crippen LogP contribution in [0.2, 0.25) is 0 Å². The van der Waals surface area contributed by atoms with Crippen molar-refractivity contribution in [2.24, 2.45) is 0 Å². The number of ether oxygens (including phenoxy) is 1. The fraction of sp³-hybridized carbons (Fsp3) is 0.455. The van der Waals surface area contributed by atoms with E-state index in [4.69, 9.17) is 9.15 Å². The van der Waals surface area contributed by atoms with Crippen LogP contribution in [0.1, 0.15) is 44.4 Å². The molecule has 1 aromatic carbocycles. The summed E-state index contributed by atoms with van der Waals surface area (Å²) in [4.78, 5) is 16.4. The Morgan fingerprint density at radius 2 is 2.03 bits per heavy atom. The minimum Gasteiger partial charge on any atom is -0.437 e. The summed E-state index contributed by atoms with van der Waals surface area (Å²) < 4.78 is 12.7. The molecule has 7 heteroatoms. The summed E-state index contributed by atoms with van der Waals surface area (Å²) in [6, 6.07) is 10.1. The maximum atomic E-state index is 12.4. The Morgan fingerprint density at radius 3 is 2.72 bits per heavy atom. The highest BCUT2D eigenvalue weighted by Crippen LogP contribution is 2.30. The number of aryl methyl sites for hydroxylation is 1. The molecule has 1 saturated heterocycles. The van der Waals surface area contributed by atoms with Crippen molar-refractivity contribution < 1.29 is 19.4 Å². The van der Waals surface area contributed by atoms with Crippen molar-refractivity contribution in [3.05, 3.63) is 52.6 Å². The van der Waals surface area contributed by atoms with E-state index in [2.05, 4.69) is 24.0 Å². The molecular weight excluding hydrogens is 372 g/mol. The first-order valence-electron chi connectivity index (χ1n) is 10.2. The number of rotatable bonds is 7. The number of aromatic nitrogens is 2. The van der Waals surface area contributed by atoms with Gasteiger partial charge in [-0.05, 0) is 24.5 Å². The van der Waals surface area contributed by atoms with Crippen molar-refractivity contribution in [2.45, 2.75) is 57.5 Å². The molecule has 0 spiro atoms. The van der Waals surface area contributed by atoms with Gasteiger partial charge in [-0.25, -0.2) is 4.79 Å². The highest BCUT2D eigenvalue weighted by atomic mass is 16.5. The topological polar surface area (TPSA) is 97.7 Å². The van der Waals surface area contributed by atoms with E-state index in [1.54, 1.807) is 6.20 Å². The zero-order valence-corrected chi connectivity index (χ0v) is 16.5. The molecule has 0 radical (unpaired) electrons. The molecule has 1 aliphatic rings. The number of hydrogen-bond donors (Lipinski definition) is 2. The minimum absolute atomic E-state index is 0.225. The molecule has 7 nitrogen and oxygen atoms in total. The summed E-state index contributed by atoms with van der Waals surface area (Å²) in [7, 11) is 0. The van der Waals surface area contributed by atoms with Crippen LogP contribution in [-0.4, -0.2) is 38.6 Å². The fourth-order valence-corrected chi connectivity index (χ4v) is 3.74. The highest BCUT2D eigenvalue weighted by Gasteiger charge is 2.35. The maximum Gasteiger partial charge on any atom is 0.353 e. The van der Waals surface area contributed by atoms with Crippen LogP contribution < -0.4 is 5.69 Å². The third-order valence-electron chi connectivity index (χ3n) is 5.44. The van der Waals surface area contributed by atoms with Gasteiger partial charge in [-0.1, -0.05) is 44.0 Å². The number of hydrogen-bond acceptors (Lipinski definition) is 6. The number of aliphatic hydroxyl groups is 2. The minimum atomic E-state index is -0.816. The molecule has 2 N–H and O–H groups in total. The molecule has 4 rings (SSSR count). The van der Waals surface area contributed by atoms with E-state index in [1.807, 2.05) is 18.2 Å². The van der Waals surface area contributed by atoms with Gasteiger partial charge in [-0.15, -0.1) is 0 Å². The third kappa shape index (κ3) is 4.12. The second-order valence-electron chi connectivity index (χ2n) is 7.57. The first-order valence-corrected chi connectivity index (χ1v) is 10.2. The number of furan rings is 1. The second kappa shape index (κ2) is 8.49. The van der Waals surface area contributed by atoms with Crippen LogP contribution >= 0.6 is 0 Å². The highest BCUT2D eigenvalue weighted by molar-refractivity contribution is 5.79. The largest absolute Gasteiger partial charge is 0.437 e. The lowest BCUT2D eigenvalue weighted by atomic mass is 10.0. The summed E-state index contributed by atoms with van der Waals surface area (Å²) >= 11 is 0. The van der Waals surface area contributed by atoms with E-state index < -0.39 is 24.1 Å². The lowest BCUT2D eigenvalue weighted by Crippen LogP contribution is -2.27. The summed E-state index contributed by atoms with van der Waals surface area (Å²) in [5, 5.41) is 19.9. The zero-order valence-electron chi connectivity index (χ0n) is 16.5. The van der Waals surface area contributed by atoms with E-state index in [0.717, 1.165) is 12.0 Å². The first-order chi connectivity index (χ1) is 14.1. The summed E-state index contributed by atoms with van der Waals surface area (Å²) in [5.41, 5.74) is 1.98. The second-order valence-corrected chi connectivity index (χ2v) is 7.57. The zero-order chi connectivity index (χ0) is 20.4. The quantitative estimate of drug-likeness (QED) is 0.594. The predicted octanol–water partition coefficient (Wildman–Crippen LogP) is 3.03. The Bertz CT molecular complexity index is 1020. The van der Waals surface area contributed by atoms with Gasteiger partial charge in [0.05, 0.1) is 18.1 Å². The Kier molecular flexibility index (Phi) is 5.80. The molecule has 2 aromatic heterocycles. The predicted molar refractivity (Wildman–Crippen MR) is 109 cm³/mol. The van der Waals surface area contributed by atoms with Crippen molar-refractivity contribution in [1.29, 1.82) is 0 Å². The number of unbranched alkanes of at least 4 members (excludes halogenated alkanes) is 2. The molecule has 3 aromatic rings. The molecule has 154 valence electrons. The average Bonchev–Trinajstić information content (AvgIpc) is 3.30. The van der Waals surface area contributed by atoms with Crippen LogP contribution in [0.25, 0.3) is 22.4 Å². The van der Waals surface area contributed by atoms with Gasteiger partial charge >= 0.3 is 5.69 Å². The molecule has 1 aliphatic heterocycles. The molecule has 0 amide bonds. The molecular formula is C22H26N2O5. The normalized spacial score (nSPS) is 21.8. The van der Waals surface area contributed by atoms with E-state index >= 15 is 0 Å². The van der Waals surface area contributed by atoms with Crippen molar-refractivity contribution in [1.82, 2.24) is 9.55 Å². The first kappa shape index (κ1) is 19.8.